The first-order valence-electron chi connectivity index (χ1n) is 29.6. The van der Waals surface area contributed by atoms with Gasteiger partial charge in [-0.05, 0) is 184 Å². The maximum Gasteiger partial charge on any atom is 0.252 e. The molecule has 12 rings (SSSR count). The van der Waals surface area contributed by atoms with Crippen molar-refractivity contribution in [1.82, 2.24) is 0 Å². The number of anilines is 9. The fourth-order valence-electron chi connectivity index (χ4n) is 13.0. The van der Waals surface area contributed by atoms with Crippen LogP contribution in [0, 0.1) is 0 Å². The first-order chi connectivity index (χ1) is 38.1. The molecule has 2 heterocycles. The van der Waals surface area contributed by atoms with Crippen LogP contribution in [0.3, 0.4) is 0 Å². The van der Waals surface area contributed by atoms with Crippen LogP contribution in [0.25, 0.3) is 22.3 Å². The van der Waals surface area contributed by atoms with Gasteiger partial charge in [0.05, 0.1) is 0 Å². The molecule has 0 aromatic heterocycles. The van der Waals surface area contributed by atoms with Gasteiger partial charge >= 0.3 is 0 Å². The van der Waals surface area contributed by atoms with Gasteiger partial charge < -0.3 is 14.7 Å². The van der Waals surface area contributed by atoms with Crippen molar-refractivity contribution in [3.8, 4) is 22.3 Å². The number of hydrogen-bond donors (Lipinski definition) is 0. The van der Waals surface area contributed by atoms with Crippen LogP contribution < -0.4 is 31.1 Å². The molecule has 408 valence electrons. The molecule has 3 aliphatic rings. The Hall–Kier alpha value is -7.56. The lowest BCUT2D eigenvalue weighted by Gasteiger charge is -2.46. The van der Waals surface area contributed by atoms with Gasteiger partial charge in [0.2, 0.25) is 0 Å². The van der Waals surface area contributed by atoms with Crippen molar-refractivity contribution in [3.05, 3.63) is 227 Å². The SMILES string of the molecule is CC(C)(C)c1ccc(-c2ccc(N3c4cc(C(C)(C)C)ccc4B4c5ccc(N(c6ccc(C(C)(C)C)cc6)c6ccc(C(C)(C)C)cc6)cc5N(c5ccc6c(c5)C(C)(C)c5ccccc5-6)c5cc(C(C)(C)C)cc3c54)cc2)cc1. The zero-order chi connectivity index (χ0) is 57.5. The minimum Gasteiger partial charge on any atom is -0.311 e. The van der Waals surface area contributed by atoms with E-state index in [1.54, 1.807) is 0 Å². The lowest BCUT2D eigenvalue weighted by atomic mass is 9.33. The van der Waals surface area contributed by atoms with Crippen molar-refractivity contribution in [2.75, 3.05) is 14.7 Å². The van der Waals surface area contributed by atoms with Crippen molar-refractivity contribution >= 4 is 74.3 Å². The molecule has 2 aliphatic heterocycles. The number of benzene rings is 9. The Morgan fingerprint density at radius 2 is 0.728 bits per heavy atom. The standard InChI is InChI=1S/C77H82BN3/c1-72(2,3)51-26-22-49(23-27-51)50-24-33-58(34-25-50)80-67-44-54(75(10,11)12)32-42-65(67)78-66-43-40-60(79(56-35-28-52(29-36-56)73(4,5)6)57-37-30-53(31-38-57)74(7,8)9)48-68(66)81(70-46-55(76(13,14)15)45-69(80)71(70)78)59-39-41-62-61-20-18-19-21-63(61)77(16,17)64(62)47-59/h18-48H,1-17H3. The molecule has 3 nitrogen and oxygen atoms in total. The number of fused-ring (bicyclic) bond motifs is 7. The monoisotopic (exact) mass is 1060 g/mol. The smallest absolute Gasteiger partial charge is 0.252 e. The van der Waals surface area contributed by atoms with Gasteiger partial charge in [0.1, 0.15) is 0 Å². The van der Waals surface area contributed by atoms with Gasteiger partial charge in [-0.25, -0.2) is 0 Å². The zero-order valence-corrected chi connectivity index (χ0v) is 51.3. The highest BCUT2D eigenvalue weighted by atomic mass is 15.2. The van der Waals surface area contributed by atoms with Crippen LogP contribution >= 0.6 is 0 Å². The average molecular weight is 1060 g/mol. The average Bonchev–Trinajstić information content (AvgIpc) is 3.80. The quantitative estimate of drug-likeness (QED) is 0.154. The summed E-state index contributed by atoms with van der Waals surface area (Å²) in [5, 5.41) is 0. The molecule has 9 aromatic rings. The fourth-order valence-corrected chi connectivity index (χ4v) is 13.0. The largest absolute Gasteiger partial charge is 0.311 e. The Labute approximate surface area is 485 Å². The summed E-state index contributed by atoms with van der Waals surface area (Å²) in [5.41, 5.74) is 28.6. The molecule has 0 spiro atoms. The zero-order valence-electron chi connectivity index (χ0n) is 51.3. The van der Waals surface area contributed by atoms with E-state index in [1.807, 2.05) is 0 Å². The van der Waals surface area contributed by atoms with Gasteiger partial charge in [0.25, 0.3) is 6.71 Å². The van der Waals surface area contributed by atoms with E-state index in [0.717, 1.165) is 28.4 Å². The third-order valence-corrected chi connectivity index (χ3v) is 18.1. The predicted molar refractivity (Wildman–Crippen MR) is 352 cm³/mol. The van der Waals surface area contributed by atoms with Gasteiger partial charge in [0, 0.05) is 56.6 Å². The Bertz CT molecular complexity index is 3840. The van der Waals surface area contributed by atoms with Crippen LogP contribution in [-0.2, 0) is 32.5 Å². The molecule has 0 saturated carbocycles. The topological polar surface area (TPSA) is 9.72 Å². The van der Waals surface area contributed by atoms with E-state index in [2.05, 4.69) is 320 Å². The van der Waals surface area contributed by atoms with Crippen molar-refractivity contribution in [2.45, 2.75) is 150 Å². The van der Waals surface area contributed by atoms with Crippen molar-refractivity contribution in [3.63, 3.8) is 0 Å². The van der Waals surface area contributed by atoms with Crippen LogP contribution in [-0.4, -0.2) is 6.71 Å². The summed E-state index contributed by atoms with van der Waals surface area (Å²) in [6.07, 6.45) is 0. The Balaban J connectivity index is 1.13. The van der Waals surface area contributed by atoms with E-state index in [-0.39, 0.29) is 39.2 Å². The molecule has 81 heavy (non-hydrogen) atoms. The molecule has 0 radical (unpaired) electrons. The predicted octanol–water partition coefficient (Wildman–Crippen LogP) is 19.7. The number of rotatable bonds is 6. The molecule has 0 atom stereocenters. The second kappa shape index (κ2) is 18.7. The maximum absolute atomic E-state index is 2.64. The molecule has 0 fully saturated rings. The van der Waals surface area contributed by atoms with Crippen LogP contribution in [0.15, 0.2) is 188 Å². The molecule has 0 amide bonds. The third-order valence-electron chi connectivity index (χ3n) is 18.1. The van der Waals surface area contributed by atoms with Gasteiger partial charge in [-0.2, -0.15) is 0 Å². The Morgan fingerprint density at radius 1 is 0.333 bits per heavy atom. The lowest BCUT2D eigenvalue weighted by Crippen LogP contribution is -2.61. The molecular weight excluding hydrogens is 978 g/mol. The summed E-state index contributed by atoms with van der Waals surface area (Å²) < 4.78 is 0. The highest BCUT2D eigenvalue weighted by molar-refractivity contribution is 7.00. The first-order valence-corrected chi connectivity index (χ1v) is 29.6. The van der Waals surface area contributed by atoms with Crippen LogP contribution in [0.1, 0.15) is 157 Å². The summed E-state index contributed by atoms with van der Waals surface area (Å²) >= 11 is 0. The second-order valence-electron chi connectivity index (χ2n) is 29.3. The maximum atomic E-state index is 2.64. The molecule has 0 unspecified atom stereocenters. The van der Waals surface area contributed by atoms with Gasteiger partial charge in [-0.1, -0.05) is 227 Å². The van der Waals surface area contributed by atoms with Crippen LogP contribution in [0.2, 0.25) is 0 Å². The van der Waals surface area contributed by atoms with E-state index >= 15 is 0 Å². The molecule has 1 aliphatic carbocycles. The minimum atomic E-state index is -0.186. The highest BCUT2D eigenvalue weighted by Gasteiger charge is 2.46. The Kier molecular flexibility index (Phi) is 12.5. The molecule has 9 aromatic carbocycles. The molecule has 0 N–H and O–H groups in total. The summed E-state index contributed by atoms with van der Waals surface area (Å²) in [6.45, 7) is 39.6. The van der Waals surface area contributed by atoms with Crippen molar-refractivity contribution in [2.24, 2.45) is 0 Å². The first kappa shape index (κ1) is 54.1. The minimum absolute atomic E-state index is 0.0237. The molecule has 4 heteroatoms. The summed E-state index contributed by atoms with van der Waals surface area (Å²) in [4.78, 5) is 7.72. The summed E-state index contributed by atoms with van der Waals surface area (Å²) in [6, 6.07) is 73.3. The van der Waals surface area contributed by atoms with Crippen LogP contribution in [0.5, 0.6) is 0 Å². The van der Waals surface area contributed by atoms with E-state index in [1.165, 1.54) is 100 Å². The lowest BCUT2D eigenvalue weighted by molar-refractivity contribution is 0.590. The summed E-state index contributed by atoms with van der Waals surface area (Å²) in [5.74, 6) is 0. The van der Waals surface area contributed by atoms with Gasteiger partial charge in [-0.3, -0.25) is 0 Å². The molecule has 0 saturated heterocycles. The number of nitrogens with zero attached hydrogens (tertiary/aromatic N) is 3. The van der Waals surface area contributed by atoms with Crippen molar-refractivity contribution in [1.29, 1.82) is 0 Å². The summed E-state index contributed by atoms with van der Waals surface area (Å²) in [7, 11) is 0. The van der Waals surface area contributed by atoms with Gasteiger partial charge in [-0.15, -0.1) is 0 Å². The van der Waals surface area contributed by atoms with Crippen LogP contribution in [0.4, 0.5) is 51.2 Å². The molecule has 0 bridgehead atoms. The van der Waals surface area contributed by atoms with E-state index in [9.17, 15) is 0 Å². The Morgan fingerprint density at radius 3 is 1.25 bits per heavy atom. The molecular formula is C77H82BN3. The van der Waals surface area contributed by atoms with E-state index < -0.39 is 0 Å². The van der Waals surface area contributed by atoms with Crippen molar-refractivity contribution < 1.29 is 0 Å². The fraction of sp³-hybridized carbons (Fsp3) is 0.299. The highest BCUT2D eigenvalue weighted by Crippen LogP contribution is 2.53. The third kappa shape index (κ3) is 9.32. The van der Waals surface area contributed by atoms with Gasteiger partial charge in [0.15, 0.2) is 0 Å². The normalized spacial score (nSPS) is 14.5. The van der Waals surface area contributed by atoms with E-state index in [4.69, 9.17) is 0 Å². The van der Waals surface area contributed by atoms with E-state index in [0.29, 0.717) is 0 Å². The number of hydrogen-bond acceptors (Lipinski definition) is 3. The second-order valence-corrected chi connectivity index (χ2v) is 29.3.